The predicted molar refractivity (Wildman–Crippen MR) is 88.4 cm³/mol. The highest BCUT2D eigenvalue weighted by molar-refractivity contribution is 7.22. The molecule has 1 aliphatic heterocycles. The zero-order valence-corrected chi connectivity index (χ0v) is 13.6. The number of alkyl halides is 1. The van der Waals surface area contributed by atoms with Crippen LogP contribution in [0.2, 0.25) is 0 Å². The lowest BCUT2D eigenvalue weighted by Gasteiger charge is -2.36. The minimum absolute atomic E-state index is 0.0168. The second kappa shape index (κ2) is 5.70. The summed E-state index contributed by atoms with van der Waals surface area (Å²) in [6, 6.07) is 1.95. The molecule has 3 heterocycles. The fourth-order valence-electron chi connectivity index (χ4n) is 2.91. The molecule has 1 saturated heterocycles. The number of halogens is 1. The van der Waals surface area contributed by atoms with Gasteiger partial charge in [0.2, 0.25) is 5.91 Å². The van der Waals surface area contributed by atoms with Crippen LogP contribution in [0.25, 0.3) is 10.2 Å². The first-order chi connectivity index (χ1) is 11.1. The topological polar surface area (TPSA) is 58.1 Å². The molecule has 23 heavy (non-hydrogen) atoms. The Morgan fingerprint density at radius 1 is 1.43 bits per heavy atom. The maximum Gasteiger partial charge on any atom is 0.223 e. The zero-order chi connectivity index (χ0) is 15.9. The van der Waals surface area contributed by atoms with Crippen LogP contribution in [0.3, 0.4) is 0 Å². The van der Waals surface area contributed by atoms with Crippen molar-refractivity contribution < 1.29 is 9.18 Å². The Labute approximate surface area is 137 Å². The van der Waals surface area contributed by atoms with Gasteiger partial charge in [0.25, 0.3) is 0 Å². The average molecular weight is 334 g/mol. The van der Waals surface area contributed by atoms with Gasteiger partial charge in [-0.15, -0.1) is 0 Å². The van der Waals surface area contributed by atoms with Crippen molar-refractivity contribution in [2.24, 2.45) is 5.92 Å². The number of hydrogen-bond acceptors (Lipinski definition) is 5. The Hall–Kier alpha value is -1.76. The van der Waals surface area contributed by atoms with Gasteiger partial charge in [-0.25, -0.2) is 9.37 Å². The number of rotatable bonds is 4. The molecular formula is C16H19FN4OS. The van der Waals surface area contributed by atoms with Crippen LogP contribution < -0.4 is 10.2 Å². The van der Waals surface area contributed by atoms with Crippen LogP contribution in [-0.2, 0) is 4.79 Å². The number of anilines is 1. The Kier molecular flexibility index (Phi) is 3.67. The van der Waals surface area contributed by atoms with E-state index in [4.69, 9.17) is 0 Å². The normalized spacial score (nSPS) is 20.7. The minimum atomic E-state index is -1.29. The van der Waals surface area contributed by atoms with Crippen LogP contribution in [0.1, 0.15) is 25.7 Å². The molecule has 0 bridgehead atoms. The van der Waals surface area contributed by atoms with Crippen molar-refractivity contribution in [1.29, 1.82) is 0 Å². The molecule has 7 heteroatoms. The van der Waals surface area contributed by atoms with E-state index in [0.717, 1.165) is 28.2 Å². The number of aromatic nitrogens is 2. The van der Waals surface area contributed by atoms with E-state index in [1.807, 2.05) is 6.07 Å². The first-order valence-corrected chi connectivity index (χ1v) is 8.87. The van der Waals surface area contributed by atoms with E-state index in [1.54, 1.807) is 23.7 Å². The van der Waals surface area contributed by atoms with E-state index in [2.05, 4.69) is 20.2 Å². The number of thiazole rings is 1. The van der Waals surface area contributed by atoms with E-state index in [-0.39, 0.29) is 18.4 Å². The molecule has 2 aromatic rings. The lowest BCUT2D eigenvalue weighted by molar-refractivity contribution is -0.123. The van der Waals surface area contributed by atoms with E-state index in [0.29, 0.717) is 25.9 Å². The zero-order valence-electron chi connectivity index (χ0n) is 12.8. The first kappa shape index (κ1) is 14.8. The number of nitrogens with zero attached hydrogens (tertiary/aromatic N) is 3. The third-order valence-electron chi connectivity index (χ3n) is 4.64. The number of piperidine rings is 1. The van der Waals surface area contributed by atoms with Crippen molar-refractivity contribution in [3.8, 4) is 0 Å². The van der Waals surface area contributed by atoms with Gasteiger partial charge >= 0.3 is 0 Å². The number of carbonyl (C=O) groups is 1. The average Bonchev–Trinajstić information content (AvgIpc) is 3.32. The van der Waals surface area contributed by atoms with Crippen LogP contribution in [-0.4, -0.2) is 41.2 Å². The highest BCUT2D eigenvalue weighted by Gasteiger charge is 2.37. The molecule has 2 aliphatic rings. The Morgan fingerprint density at radius 3 is 2.91 bits per heavy atom. The number of amides is 1. The fraction of sp³-hybridized carbons (Fsp3) is 0.562. The van der Waals surface area contributed by atoms with Crippen LogP contribution in [0.5, 0.6) is 0 Å². The van der Waals surface area contributed by atoms with Gasteiger partial charge < -0.3 is 10.2 Å². The van der Waals surface area contributed by atoms with Crippen LogP contribution >= 0.6 is 11.3 Å². The van der Waals surface area contributed by atoms with Gasteiger partial charge in [0.05, 0.1) is 17.4 Å². The molecule has 122 valence electrons. The monoisotopic (exact) mass is 334 g/mol. The van der Waals surface area contributed by atoms with Crippen LogP contribution in [0, 0.1) is 5.92 Å². The van der Waals surface area contributed by atoms with Crippen LogP contribution in [0.4, 0.5) is 9.52 Å². The van der Waals surface area contributed by atoms with E-state index >= 15 is 0 Å². The molecule has 1 aliphatic carbocycles. The van der Waals surface area contributed by atoms with Crippen molar-refractivity contribution in [3.05, 3.63) is 18.5 Å². The number of hydrogen-bond donors (Lipinski definition) is 1. The summed E-state index contributed by atoms with van der Waals surface area (Å²) in [5.74, 6) is 0.151. The highest BCUT2D eigenvalue weighted by atomic mass is 32.1. The molecule has 2 aromatic heterocycles. The third-order valence-corrected chi connectivity index (χ3v) is 5.73. The SMILES string of the molecule is O=C(NCC1(F)CCN(c2nc3cnccc3s2)CC1)C1CC1. The van der Waals surface area contributed by atoms with Gasteiger partial charge in [0, 0.05) is 38.0 Å². The quantitative estimate of drug-likeness (QED) is 0.933. The molecule has 5 nitrogen and oxygen atoms in total. The second-order valence-corrected chi connectivity index (χ2v) is 7.48. The van der Waals surface area contributed by atoms with Crippen molar-refractivity contribution in [3.63, 3.8) is 0 Å². The molecule has 1 amide bonds. The highest BCUT2D eigenvalue weighted by Crippen LogP contribution is 2.34. The molecule has 0 unspecified atom stereocenters. The summed E-state index contributed by atoms with van der Waals surface area (Å²) in [6.07, 6.45) is 6.26. The number of carbonyl (C=O) groups excluding carboxylic acids is 1. The molecule has 1 N–H and O–H groups in total. The molecule has 0 spiro atoms. The summed E-state index contributed by atoms with van der Waals surface area (Å²) in [4.78, 5) is 22.5. The first-order valence-electron chi connectivity index (χ1n) is 8.05. The van der Waals surface area contributed by atoms with E-state index in [9.17, 15) is 9.18 Å². The summed E-state index contributed by atoms with van der Waals surface area (Å²) >= 11 is 1.62. The molecule has 0 radical (unpaired) electrons. The maximum atomic E-state index is 14.8. The summed E-state index contributed by atoms with van der Waals surface area (Å²) < 4.78 is 15.9. The summed E-state index contributed by atoms with van der Waals surface area (Å²) in [5.41, 5.74) is -0.402. The minimum Gasteiger partial charge on any atom is -0.353 e. The van der Waals surface area contributed by atoms with Gasteiger partial charge in [-0.05, 0) is 18.9 Å². The van der Waals surface area contributed by atoms with Gasteiger partial charge in [-0.2, -0.15) is 0 Å². The van der Waals surface area contributed by atoms with Crippen molar-refractivity contribution in [1.82, 2.24) is 15.3 Å². The van der Waals surface area contributed by atoms with Gasteiger partial charge in [-0.1, -0.05) is 11.3 Å². The Morgan fingerprint density at radius 2 is 2.22 bits per heavy atom. The predicted octanol–water partition coefficient (Wildman–Crippen LogP) is 2.53. The van der Waals surface area contributed by atoms with Crippen molar-refractivity contribution in [2.75, 3.05) is 24.5 Å². The van der Waals surface area contributed by atoms with Crippen LogP contribution in [0.15, 0.2) is 18.5 Å². The summed E-state index contributed by atoms with van der Waals surface area (Å²) in [7, 11) is 0. The van der Waals surface area contributed by atoms with Gasteiger partial charge in [-0.3, -0.25) is 9.78 Å². The number of fused-ring (bicyclic) bond motifs is 1. The molecule has 0 aromatic carbocycles. The second-order valence-electron chi connectivity index (χ2n) is 6.47. The molecular weight excluding hydrogens is 315 g/mol. The Balaban J connectivity index is 1.36. The largest absolute Gasteiger partial charge is 0.353 e. The van der Waals surface area contributed by atoms with Crippen molar-refractivity contribution >= 4 is 32.6 Å². The number of pyridine rings is 1. The summed E-state index contributed by atoms with van der Waals surface area (Å²) in [5, 5.41) is 3.71. The summed E-state index contributed by atoms with van der Waals surface area (Å²) in [6.45, 7) is 1.39. The lowest BCUT2D eigenvalue weighted by atomic mass is 9.93. The molecule has 2 fully saturated rings. The van der Waals surface area contributed by atoms with Crippen molar-refractivity contribution in [2.45, 2.75) is 31.4 Å². The molecule has 4 rings (SSSR count). The Bertz CT molecular complexity index is 689. The van der Waals surface area contributed by atoms with Gasteiger partial charge in [0.1, 0.15) is 11.2 Å². The standard InChI is InChI=1S/C16H19FN4OS/c17-16(10-19-14(22)11-1-2-11)4-7-21(8-5-16)15-20-12-9-18-6-3-13(12)23-15/h3,6,9,11H,1-2,4-5,7-8,10H2,(H,19,22). The third kappa shape index (κ3) is 3.15. The molecule has 0 atom stereocenters. The molecule has 1 saturated carbocycles. The van der Waals surface area contributed by atoms with E-state index < -0.39 is 5.67 Å². The number of nitrogens with one attached hydrogen (secondary N) is 1. The van der Waals surface area contributed by atoms with E-state index in [1.165, 1.54) is 0 Å². The lowest BCUT2D eigenvalue weighted by Crippen LogP contribution is -2.48. The smallest absolute Gasteiger partial charge is 0.223 e. The fourth-order valence-corrected chi connectivity index (χ4v) is 3.90. The van der Waals surface area contributed by atoms with Gasteiger partial charge in [0.15, 0.2) is 5.13 Å². The maximum absolute atomic E-state index is 14.8.